The highest BCUT2D eigenvalue weighted by Crippen LogP contribution is 2.25. The minimum absolute atomic E-state index is 0.146. The van der Waals surface area contributed by atoms with Crippen molar-refractivity contribution in [3.8, 4) is 0 Å². The number of carbonyl (C=O) groups is 12. The number of nitrogens with two attached hydrogens (primary N) is 2. The molecule has 8 aromatic rings. The van der Waals surface area contributed by atoms with E-state index in [2.05, 4.69) is 51.0 Å². The van der Waals surface area contributed by atoms with Crippen molar-refractivity contribution >= 4 is 117 Å². The predicted molar refractivity (Wildman–Crippen MR) is 396 cm³/mol. The third kappa shape index (κ3) is 35.6. The van der Waals surface area contributed by atoms with Gasteiger partial charge in [0.15, 0.2) is 11.3 Å². The summed E-state index contributed by atoms with van der Waals surface area (Å²) in [6.07, 6.45) is 15.8. The minimum atomic E-state index is -1.26. The molecule has 2 aliphatic rings. The molecule has 592 valence electrons. The maximum absolute atomic E-state index is 13.4. The first-order chi connectivity index (χ1) is 53.3. The number of benzene rings is 4. The fourth-order valence-corrected chi connectivity index (χ4v) is 9.75. The van der Waals surface area contributed by atoms with Crippen LogP contribution in [-0.2, 0) is 61.0 Å². The standard InChI is InChI=1S/2C26H29FN8O.5C4H4O4/c2*27-19-7-5-18(6-8-19)16-35-24-23(15-29-17-31-24)33-26(35)32-20-9-12-34(13-10-20)14-11-30-25(36)21-3-1-2-4-22(21)28;5*5-3(6)1-2-4(7)8/h2*1-8,15,17,20H,9-14,16,28H2,(H,30,36)(H,32,33);5*1-2H,(H,5,6)(H,7,8). The number of halogens is 2. The zero-order valence-electron chi connectivity index (χ0n) is 59.1. The molecule has 0 saturated carbocycles. The molecule has 0 radical (unpaired) electrons. The third-order valence-corrected chi connectivity index (χ3v) is 14.9. The van der Waals surface area contributed by atoms with E-state index in [1.165, 1.54) is 36.9 Å². The number of carbonyl (C=O) groups excluding carboxylic acids is 2. The van der Waals surface area contributed by atoms with Crippen molar-refractivity contribution in [1.29, 1.82) is 0 Å². The van der Waals surface area contributed by atoms with Gasteiger partial charge in [-0.05, 0) is 85.3 Å². The molecule has 2 amide bonds. The van der Waals surface area contributed by atoms with Crippen LogP contribution in [-0.4, -0.2) is 236 Å². The summed E-state index contributed by atoms with van der Waals surface area (Å²) in [5.74, 6) is -11.9. The highest BCUT2D eigenvalue weighted by Gasteiger charge is 2.25. The number of likely N-dealkylation sites (tertiary alicyclic amines) is 2. The number of piperidine rings is 2. The van der Waals surface area contributed by atoms with Crippen molar-refractivity contribution < 1.29 is 117 Å². The summed E-state index contributed by atoms with van der Waals surface area (Å²) in [4.78, 5) is 151. The number of fused-ring (bicyclic) bond motifs is 2. The van der Waals surface area contributed by atoms with E-state index in [0.717, 1.165) is 99.3 Å². The summed E-state index contributed by atoms with van der Waals surface area (Å²) in [7, 11) is 0. The second kappa shape index (κ2) is 47.8. The summed E-state index contributed by atoms with van der Waals surface area (Å²) < 4.78 is 30.8. The van der Waals surface area contributed by atoms with E-state index in [9.17, 15) is 66.3 Å². The number of carboxylic acid groups (broad SMARTS) is 10. The molecule has 4 aromatic heterocycles. The number of imidazole rings is 2. The molecule has 0 aliphatic carbocycles. The Kier molecular flexibility index (Phi) is 38.3. The van der Waals surface area contributed by atoms with Crippen LogP contribution in [0.5, 0.6) is 0 Å². The van der Waals surface area contributed by atoms with Gasteiger partial charge in [0, 0.05) is 137 Å². The largest absolute Gasteiger partial charge is 0.478 e. The third-order valence-electron chi connectivity index (χ3n) is 14.9. The lowest BCUT2D eigenvalue weighted by atomic mass is 10.1. The first kappa shape index (κ1) is 89.7. The second-order valence-corrected chi connectivity index (χ2v) is 23.0. The Bertz CT molecular complexity index is 4200. The van der Waals surface area contributed by atoms with Crippen LogP contribution in [0.25, 0.3) is 22.3 Å². The molecule has 4 aromatic carbocycles. The first-order valence-electron chi connectivity index (χ1n) is 33.0. The number of nitrogen functional groups attached to an aromatic ring is 2. The van der Waals surface area contributed by atoms with Gasteiger partial charge in [-0.3, -0.25) is 18.7 Å². The maximum atomic E-state index is 13.4. The molecule has 0 bridgehead atoms. The van der Waals surface area contributed by atoms with Crippen molar-refractivity contribution in [2.24, 2.45) is 0 Å². The maximum Gasteiger partial charge on any atom is 0.328 e. The summed E-state index contributed by atoms with van der Waals surface area (Å²) in [6, 6.07) is 27.6. The Hall–Kier alpha value is -14.7. The number of anilines is 4. The second-order valence-electron chi connectivity index (χ2n) is 23.0. The van der Waals surface area contributed by atoms with E-state index in [1.54, 1.807) is 60.9 Å². The quantitative estimate of drug-likeness (QED) is 0.0264. The van der Waals surface area contributed by atoms with E-state index in [0.29, 0.717) is 120 Å². The van der Waals surface area contributed by atoms with E-state index < -0.39 is 59.7 Å². The van der Waals surface area contributed by atoms with E-state index in [1.807, 2.05) is 33.4 Å². The summed E-state index contributed by atoms with van der Waals surface area (Å²) in [5, 5.41) is 91.2. The molecule has 0 spiro atoms. The Balaban J connectivity index is 0.000000320. The Morgan fingerprint density at radius 2 is 0.670 bits per heavy atom. The Labute approximate surface area is 633 Å². The first-order valence-corrected chi connectivity index (χ1v) is 33.0. The fourth-order valence-electron chi connectivity index (χ4n) is 9.75. The number of aliphatic carboxylic acids is 10. The molecule has 0 atom stereocenters. The van der Waals surface area contributed by atoms with Gasteiger partial charge in [-0.2, -0.15) is 0 Å². The lowest BCUT2D eigenvalue weighted by Gasteiger charge is -2.32. The summed E-state index contributed by atoms with van der Waals surface area (Å²) >= 11 is 0. The van der Waals surface area contributed by atoms with Crippen LogP contribution in [0.2, 0.25) is 0 Å². The van der Waals surface area contributed by atoms with Gasteiger partial charge in [-0.15, -0.1) is 0 Å². The Morgan fingerprint density at radius 1 is 0.402 bits per heavy atom. The fraction of sp³-hybridized carbons (Fsp3) is 0.222. The normalized spacial score (nSPS) is 12.8. The SMILES string of the molecule is Nc1ccccc1C(=O)NCCN1CCC(Nc2nc3cncnc3n2Cc2ccc(F)cc2)CC1.Nc1ccccc1C(=O)NCCN1CCC(Nc2nc3cncnc3n2Cc2ccc(F)cc2)CC1.O=C(O)C=CC(=O)O.O=C(O)C=CC(=O)O.O=C(O)C=CC(=O)O.O=C(O)C=CC(=O)O.O=C(O)C=CC(=O)O. The number of amides is 2. The number of nitrogens with zero attached hydrogens (tertiary/aromatic N) is 10. The molecule has 38 nitrogen and oxygen atoms in total. The molecular weight excluding hydrogens is 1480 g/mol. The van der Waals surface area contributed by atoms with Gasteiger partial charge in [0.1, 0.15) is 35.3 Å². The highest BCUT2D eigenvalue weighted by molar-refractivity contribution is 6.00. The van der Waals surface area contributed by atoms with Crippen molar-refractivity contribution in [1.82, 2.24) is 59.5 Å². The van der Waals surface area contributed by atoms with Crippen LogP contribution in [0.3, 0.4) is 0 Å². The average molecular weight is 1560 g/mol. The molecule has 2 saturated heterocycles. The molecule has 2 fully saturated rings. The molecule has 18 N–H and O–H groups in total. The molecule has 0 unspecified atom stereocenters. The van der Waals surface area contributed by atoms with E-state index >= 15 is 0 Å². The van der Waals surface area contributed by atoms with Crippen LogP contribution < -0.4 is 32.7 Å². The number of nitrogens with one attached hydrogen (secondary N) is 4. The van der Waals surface area contributed by atoms with Crippen LogP contribution in [0.4, 0.5) is 32.1 Å². The molecule has 2 aliphatic heterocycles. The number of carboxylic acids is 10. The van der Waals surface area contributed by atoms with Crippen LogP contribution in [0.15, 0.2) is 183 Å². The van der Waals surface area contributed by atoms with Crippen LogP contribution in [0, 0.1) is 11.6 Å². The van der Waals surface area contributed by atoms with Crippen molar-refractivity contribution in [3.05, 3.63) is 217 Å². The lowest BCUT2D eigenvalue weighted by Crippen LogP contribution is -2.43. The van der Waals surface area contributed by atoms with Gasteiger partial charge >= 0.3 is 59.7 Å². The summed E-state index contributed by atoms with van der Waals surface area (Å²) in [5.41, 5.74) is 18.6. The number of aromatic nitrogens is 8. The number of hydrogen-bond donors (Lipinski definition) is 16. The van der Waals surface area contributed by atoms with E-state index in [-0.39, 0.29) is 35.5 Å². The van der Waals surface area contributed by atoms with Crippen LogP contribution in [0.1, 0.15) is 57.5 Å². The predicted octanol–water partition coefficient (Wildman–Crippen LogP) is 4.36. The van der Waals surface area contributed by atoms with Gasteiger partial charge in [-0.1, -0.05) is 48.5 Å². The number of rotatable bonds is 26. The smallest absolute Gasteiger partial charge is 0.328 e. The summed E-state index contributed by atoms with van der Waals surface area (Å²) in [6.45, 7) is 7.42. The van der Waals surface area contributed by atoms with Gasteiger partial charge in [-0.25, -0.2) is 86.6 Å². The molecule has 112 heavy (non-hydrogen) atoms. The van der Waals surface area contributed by atoms with Gasteiger partial charge in [0.05, 0.1) is 36.6 Å². The zero-order chi connectivity index (χ0) is 82.7. The topological polar surface area (TPSA) is 601 Å². The van der Waals surface area contributed by atoms with Gasteiger partial charge in [0.2, 0.25) is 11.9 Å². The molecule has 10 rings (SSSR count). The highest BCUT2D eigenvalue weighted by atomic mass is 19.1. The van der Waals surface area contributed by atoms with Gasteiger partial charge < -0.3 is 93.6 Å². The lowest BCUT2D eigenvalue weighted by molar-refractivity contribution is -0.134. The number of hydrogen-bond acceptors (Lipinski definition) is 24. The molecule has 40 heteroatoms. The molecule has 6 heterocycles. The average Bonchev–Trinajstić information content (AvgIpc) is 1.66. The van der Waals surface area contributed by atoms with Crippen molar-refractivity contribution in [3.63, 3.8) is 0 Å². The van der Waals surface area contributed by atoms with Crippen LogP contribution >= 0.6 is 0 Å². The van der Waals surface area contributed by atoms with Gasteiger partial charge in [0.25, 0.3) is 11.8 Å². The number of para-hydroxylation sites is 2. The molecular formula is C72H78F2N16O22. The Morgan fingerprint density at radius 3 is 0.929 bits per heavy atom. The van der Waals surface area contributed by atoms with Crippen molar-refractivity contribution in [2.45, 2.75) is 50.9 Å². The zero-order valence-corrected chi connectivity index (χ0v) is 59.1. The minimum Gasteiger partial charge on any atom is -0.478 e. The van der Waals surface area contributed by atoms with Crippen molar-refractivity contribution in [2.75, 3.05) is 74.5 Å². The van der Waals surface area contributed by atoms with E-state index in [4.69, 9.17) is 72.5 Å². The monoisotopic (exact) mass is 1560 g/mol.